The molecule has 0 aliphatic rings. The van der Waals surface area contributed by atoms with Gasteiger partial charge in [-0.3, -0.25) is 4.79 Å². The first-order valence-electron chi connectivity index (χ1n) is 5.58. The van der Waals surface area contributed by atoms with Gasteiger partial charge in [0.15, 0.2) is 6.10 Å². The van der Waals surface area contributed by atoms with Crippen LogP contribution in [0.4, 0.5) is 5.69 Å². The van der Waals surface area contributed by atoms with Gasteiger partial charge in [-0.25, -0.2) is 4.79 Å². The molecular formula is C12H16N2O5. The zero-order valence-corrected chi connectivity index (χ0v) is 10.4. The van der Waals surface area contributed by atoms with Crippen LogP contribution >= 0.6 is 0 Å². The van der Waals surface area contributed by atoms with E-state index < -0.39 is 18.0 Å². The number of methoxy groups -OCH3 is 1. The summed E-state index contributed by atoms with van der Waals surface area (Å²) in [6.07, 6.45) is -1.56. The van der Waals surface area contributed by atoms with E-state index in [0.717, 1.165) is 0 Å². The Morgan fingerprint density at radius 1 is 1.47 bits per heavy atom. The largest absolute Gasteiger partial charge is 0.497 e. The molecule has 0 saturated carbocycles. The lowest BCUT2D eigenvalue weighted by Gasteiger charge is -2.10. The van der Waals surface area contributed by atoms with E-state index in [2.05, 4.69) is 5.32 Å². The van der Waals surface area contributed by atoms with E-state index in [1.165, 1.54) is 19.2 Å². The average Bonchev–Trinajstić information content (AvgIpc) is 2.37. The van der Waals surface area contributed by atoms with Crippen molar-refractivity contribution in [1.82, 2.24) is 5.32 Å². The quantitative estimate of drug-likeness (QED) is 0.532. The van der Waals surface area contributed by atoms with Gasteiger partial charge in [-0.05, 0) is 12.1 Å². The Morgan fingerprint density at radius 2 is 2.16 bits per heavy atom. The molecule has 1 aromatic rings. The molecule has 0 radical (unpaired) electrons. The van der Waals surface area contributed by atoms with Gasteiger partial charge in [0.05, 0.1) is 12.7 Å². The van der Waals surface area contributed by atoms with E-state index in [-0.39, 0.29) is 24.2 Å². The van der Waals surface area contributed by atoms with Gasteiger partial charge in [-0.15, -0.1) is 0 Å². The highest BCUT2D eigenvalue weighted by molar-refractivity contribution is 5.99. The Bertz CT molecular complexity index is 475. The van der Waals surface area contributed by atoms with Gasteiger partial charge in [0.1, 0.15) is 5.75 Å². The number of benzene rings is 1. The van der Waals surface area contributed by atoms with Gasteiger partial charge in [-0.1, -0.05) is 0 Å². The monoisotopic (exact) mass is 268 g/mol. The van der Waals surface area contributed by atoms with Crippen molar-refractivity contribution in [2.75, 3.05) is 19.4 Å². The predicted octanol–water partition coefficient (Wildman–Crippen LogP) is -0.157. The van der Waals surface area contributed by atoms with Crippen molar-refractivity contribution in [2.24, 2.45) is 0 Å². The van der Waals surface area contributed by atoms with Gasteiger partial charge in [0, 0.05) is 24.7 Å². The van der Waals surface area contributed by atoms with Crippen LogP contribution in [-0.4, -0.2) is 41.8 Å². The number of nitrogen functional groups attached to an aromatic ring is 1. The van der Waals surface area contributed by atoms with E-state index in [4.69, 9.17) is 20.7 Å². The van der Waals surface area contributed by atoms with Gasteiger partial charge in [0.25, 0.3) is 5.91 Å². The van der Waals surface area contributed by atoms with E-state index in [1.807, 2.05) is 0 Å². The summed E-state index contributed by atoms with van der Waals surface area (Å²) in [6, 6.07) is 4.62. The molecule has 19 heavy (non-hydrogen) atoms. The van der Waals surface area contributed by atoms with Crippen molar-refractivity contribution in [3.8, 4) is 5.75 Å². The van der Waals surface area contributed by atoms with Crippen LogP contribution in [0.15, 0.2) is 18.2 Å². The Morgan fingerprint density at radius 3 is 2.68 bits per heavy atom. The van der Waals surface area contributed by atoms with Crippen LogP contribution in [0.1, 0.15) is 16.8 Å². The fraction of sp³-hybridized carbons (Fsp3) is 0.333. The zero-order chi connectivity index (χ0) is 14.4. The highest BCUT2D eigenvalue weighted by atomic mass is 16.5. The van der Waals surface area contributed by atoms with Gasteiger partial charge in [-0.2, -0.15) is 0 Å². The van der Waals surface area contributed by atoms with Gasteiger partial charge >= 0.3 is 5.97 Å². The first-order chi connectivity index (χ1) is 8.95. The number of carbonyl (C=O) groups excluding carboxylic acids is 1. The number of nitrogens with two attached hydrogens (primary N) is 1. The summed E-state index contributed by atoms with van der Waals surface area (Å²) in [5, 5.41) is 20.0. The lowest BCUT2D eigenvalue weighted by molar-refractivity contribution is -0.146. The third-order valence-electron chi connectivity index (χ3n) is 2.49. The van der Waals surface area contributed by atoms with Crippen molar-refractivity contribution < 1.29 is 24.5 Å². The molecule has 1 atom stereocenters. The van der Waals surface area contributed by atoms with Crippen molar-refractivity contribution >= 4 is 17.6 Å². The van der Waals surface area contributed by atoms with Crippen LogP contribution in [0, 0.1) is 0 Å². The van der Waals surface area contributed by atoms with Crippen LogP contribution in [0.5, 0.6) is 5.75 Å². The maximum absolute atomic E-state index is 11.8. The highest BCUT2D eigenvalue weighted by Gasteiger charge is 2.14. The minimum atomic E-state index is -1.49. The predicted molar refractivity (Wildman–Crippen MR) is 68.0 cm³/mol. The summed E-state index contributed by atoms with van der Waals surface area (Å²) in [5.74, 6) is -1.22. The number of anilines is 1. The summed E-state index contributed by atoms with van der Waals surface area (Å²) in [6.45, 7) is 0.0395. The molecule has 0 aliphatic heterocycles. The molecule has 7 nitrogen and oxygen atoms in total. The summed E-state index contributed by atoms with van der Waals surface area (Å²) in [7, 11) is 1.49. The third kappa shape index (κ3) is 4.14. The smallest absolute Gasteiger partial charge is 0.332 e. The molecule has 1 rings (SSSR count). The molecule has 1 aromatic carbocycles. The van der Waals surface area contributed by atoms with E-state index in [1.54, 1.807) is 6.07 Å². The number of rotatable bonds is 6. The number of carboxylic acid groups (broad SMARTS) is 1. The second kappa shape index (κ2) is 6.60. The first-order valence-corrected chi connectivity index (χ1v) is 5.58. The normalized spacial score (nSPS) is 11.7. The molecule has 7 heteroatoms. The summed E-state index contributed by atoms with van der Waals surface area (Å²) in [4.78, 5) is 22.1. The Labute approximate surface area is 110 Å². The Kier molecular flexibility index (Phi) is 5.13. The molecule has 0 spiro atoms. The van der Waals surface area contributed by atoms with Gasteiger partial charge in [0.2, 0.25) is 0 Å². The van der Waals surface area contributed by atoms with Crippen LogP contribution < -0.4 is 15.8 Å². The zero-order valence-electron chi connectivity index (χ0n) is 10.4. The highest BCUT2D eigenvalue weighted by Crippen LogP contribution is 2.19. The summed E-state index contributed by atoms with van der Waals surface area (Å²) in [5.41, 5.74) is 6.22. The number of hydrogen-bond acceptors (Lipinski definition) is 5. The standard InChI is InChI=1S/C12H16N2O5/c1-19-7-2-3-8(9(13)6-7)11(16)14-5-4-10(15)12(17)18/h2-3,6,10,15H,4-5,13H2,1H3,(H,14,16)(H,17,18). The van der Waals surface area contributed by atoms with Crippen molar-refractivity contribution in [2.45, 2.75) is 12.5 Å². The van der Waals surface area contributed by atoms with Crippen LogP contribution in [0.3, 0.4) is 0 Å². The average molecular weight is 268 g/mol. The molecule has 0 fully saturated rings. The fourth-order valence-corrected chi connectivity index (χ4v) is 1.42. The SMILES string of the molecule is COc1ccc(C(=O)NCCC(O)C(=O)O)c(N)c1. The molecular weight excluding hydrogens is 252 g/mol. The maximum atomic E-state index is 11.8. The lowest BCUT2D eigenvalue weighted by Crippen LogP contribution is -2.30. The number of carboxylic acids is 1. The Hall–Kier alpha value is -2.28. The number of nitrogens with one attached hydrogen (secondary N) is 1. The molecule has 1 amide bonds. The summed E-state index contributed by atoms with van der Waals surface area (Å²) >= 11 is 0. The second-order valence-corrected chi connectivity index (χ2v) is 3.85. The topological polar surface area (TPSA) is 122 Å². The van der Waals surface area contributed by atoms with Crippen LogP contribution in [0.2, 0.25) is 0 Å². The number of aliphatic hydroxyl groups excluding tert-OH is 1. The fourth-order valence-electron chi connectivity index (χ4n) is 1.42. The summed E-state index contributed by atoms with van der Waals surface area (Å²) < 4.78 is 4.96. The minimum absolute atomic E-state index is 0.0395. The number of carbonyl (C=O) groups is 2. The maximum Gasteiger partial charge on any atom is 0.332 e. The van der Waals surface area contributed by atoms with Crippen molar-refractivity contribution in [3.63, 3.8) is 0 Å². The van der Waals surface area contributed by atoms with E-state index in [0.29, 0.717) is 5.75 Å². The lowest BCUT2D eigenvalue weighted by atomic mass is 10.1. The van der Waals surface area contributed by atoms with Gasteiger partial charge < -0.3 is 26.0 Å². The number of hydrogen-bond donors (Lipinski definition) is 4. The molecule has 0 heterocycles. The molecule has 104 valence electrons. The molecule has 0 aromatic heterocycles. The third-order valence-corrected chi connectivity index (χ3v) is 2.49. The molecule has 1 unspecified atom stereocenters. The molecule has 5 N–H and O–H groups in total. The van der Waals surface area contributed by atoms with E-state index >= 15 is 0 Å². The van der Waals surface area contributed by atoms with Crippen molar-refractivity contribution in [3.05, 3.63) is 23.8 Å². The van der Waals surface area contributed by atoms with Crippen molar-refractivity contribution in [1.29, 1.82) is 0 Å². The minimum Gasteiger partial charge on any atom is -0.497 e. The van der Waals surface area contributed by atoms with Crippen LogP contribution in [0.25, 0.3) is 0 Å². The molecule has 0 saturated heterocycles. The number of ether oxygens (including phenoxy) is 1. The molecule has 0 bridgehead atoms. The van der Waals surface area contributed by atoms with Crippen LogP contribution in [-0.2, 0) is 4.79 Å². The Balaban J connectivity index is 2.57. The number of amides is 1. The second-order valence-electron chi connectivity index (χ2n) is 3.85. The first kappa shape index (κ1) is 14.8. The number of aliphatic hydroxyl groups is 1. The molecule has 0 aliphatic carbocycles. The van der Waals surface area contributed by atoms with E-state index in [9.17, 15) is 9.59 Å². The number of aliphatic carboxylic acids is 1.